The normalized spacial score (nSPS) is 30.5. The number of hydrogen-bond acceptors (Lipinski definition) is 6. The lowest BCUT2D eigenvalue weighted by atomic mass is 9.88. The summed E-state index contributed by atoms with van der Waals surface area (Å²) in [4.78, 5) is 0. The van der Waals surface area contributed by atoms with Gasteiger partial charge in [0.1, 0.15) is 30.5 Å². The van der Waals surface area contributed by atoms with Crippen LogP contribution in [0.15, 0.2) is 36.4 Å². The first-order valence-electron chi connectivity index (χ1n) is 11.3. The zero-order chi connectivity index (χ0) is 21.5. The van der Waals surface area contributed by atoms with E-state index in [-0.39, 0.29) is 0 Å². The maximum atomic E-state index is 10.6. The summed E-state index contributed by atoms with van der Waals surface area (Å²) in [7, 11) is 0. The maximum absolute atomic E-state index is 10.6. The minimum Gasteiger partial charge on any atom is -0.394 e. The third-order valence-corrected chi connectivity index (χ3v) is 6.91. The lowest BCUT2D eigenvalue weighted by Gasteiger charge is -2.40. The first kappa shape index (κ1) is 20.9. The Bertz CT molecular complexity index is 942. The molecule has 1 saturated heterocycles. The van der Waals surface area contributed by atoms with Gasteiger partial charge in [-0.3, -0.25) is 0 Å². The number of fused-ring (bicyclic) bond motifs is 1. The molecule has 1 aliphatic carbocycles. The van der Waals surface area contributed by atoms with E-state index in [0.29, 0.717) is 5.92 Å². The summed E-state index contributed by atoms with van der Waals surface area (Å²) in [6, 6.07) is 12.8. The first-order chi connectivity index (χ1) is 15.0. The predicted molar refractivity (Wildman–Crippen MR) is 117 cm³/mol. The van der Waals surface area contributed by atoms with Gasteiger partial charge in [-0.1, -0.05) is 30.3 Å². The van der Waals surface area contributed by atoms with Crippen LogP contribution in [0.5, 0.6) is 0 Å². The SMILES string of the molecule is OC[C@H]1O[C@@H](c2ccc(C3CC3)c(Cc3ccc4c(c3)NCCC4)c2)[C@H](O)[C@@H](O)[C@@H]1O. The van der Waals surface area contributed by atoms with Gasteiger partial charge < -0.3 is 30.5 Å². The molecule has 5 N–H and O–H groups in total. The smallest absolute Gasteiger partial charge is 0.113 e. The number of ether oxygens (including phenoxy) is 1. The quantitative estimate of drug-likeness (QED) is 0.502. The second-order valence-electron chi connectivity index (χ2n) is 9.18. The highest BCUT2D eigenvalue weighted by Crippen LogP contribution is 2.43. The Hall–Kier alpha value is -1.96. The summed E-state index contributed by atoms with van der Waals surface area (Å²) < 4.78 is 5.79. The number of benzene rings is 2. The number of hydrogen-bond donors (Lipinski definition) is 5. The van der Waals surface area contributed by atoms with Crippen LogP contribution >= 0.6 is 0 Å². The summed E-state index contributed by atoms with van der Waals surface area (Å²) in [5, 5.41) is 43.9. The molecule has 3 aliphatic rings. The van der Waals surface area contributed by atoms with Crippen LogP contribution in [-0.4, -0.2) is 58.0 Å². The van der Waals surface area contributed by atoms with Crippen LogP contribution in [0.2, 0.25) is 0 Å². The Morgan fingerprint density at radius 2 is 1.81 bits per heavy atom. The molecule has 0 amide bonds. The molecule has 5 rings (SSSR count). The highest BCUT2D eigenvalue weighted by atomic mass is 16.5. The Balaban J connectivity index is 1.45. The van der Waals surface area contributed by atoms with Gasteiger partial charge in [0.05, 0.1) is 6.61 Å². The van der Waals surface area contributed by atoms with E-state index in [1.54, 1.807) is 0 Å². The van der Waals surface area contributed by atoms with E-state index in [2.05, 4.69) is 35.6 Å². The predicted octanol–water partition coefficient (Wildman–Crippen LogP) is 2.03. The summed E-state index contributed by atoms with van der Waals surface area (Å²) in [5.74, 6) is 0.578. The van der Waals surface area contributed by atoms with Crippen LogP contribution in [0.3, 0.4) is 0 Å². The standard InChI is InChI=1S/C25H31NO5/c27-13-21-22(28)23(29)24(30)25(31-21)17-7-8-19(15-5-6-15)18(12-17)10-14-3-4-16-2-1-9-26-20(16)11-14/h3-4,7-8,11-12,15,21-30H,1-2,5-6,9-10,13H2/t21-,22-,23+,24-,25+/m1/s1. The number of aliphatic hydroxyl groups excluding tert-OH is 4. The largest absolute Gasteiger partial charge is 0.394 e. The van der Waals surface area contributed by atoms with E-state index in [4.69, 9.17) is 4.74 Å². The van der Waals surface area contributed by atoms with Crippen molar-refractivity contribution in [3.8, 4) is 0 Å². The molecule has 2 aromatic rings. The average molecular weight is 426 g/mol. The monoisotopic (exact) mass is 425 g/mol. The molecular weight excluding hydrogens is 394 g/mol. The van der Waals surface area contributed by atoms with E-state index in [1.807, 2.05) is 6.07 Å². The fraction of sp³-hybridized carbons (Fsp3) is 0.520. The third-order valence-electron chi connectivity index (χ3n) is 6.91. The van der Waals surface area contributed by atoms with E-state index in [1.165, 1.54) is 47.2 Å². The van der Waals surface area contributed by atoms with Gasteiger partial charge >= 0.3 is 0 Å². The molecule has 166 valence electrons. The molecule has 31 heavy (non-hydrogen) atoms. The number of aliphatic hydroxyl groups is 4. The Morgan fingerprint density at radius 3 is 2.58 bits per heavy atom. The first-order valence-corrected chi connectivity index (χ1v) is 11.3. The molecule has 0 aromatic heterocycles. The van der Waals surface area contributed by atoms with Gasteiger partial charge in [-0.05, 0) is 71.9 Å². The van der Waals surface area contributed by atoms with Crippen molar-refractivity contribution in [1.82, 2.24) is 0 Å². The van der Waals surface area contributed by atoms with Crippen molar-refractivity contribution in [2.45, 2.75) is 68.5 Å². The fourth-order valence-electron chi connectivity index (χ4n) is 4.96. The number of anilines is 1. The van der Waals surface area contributed by atoms with E-state index in [9.17, 15) is 20.4 Å². The summed E-state index contributed by atoms with van der Waals surface area (Å²) >= 11 is 0. The average Bonchev–Trinajstić information content (AvgIpc) is 3.63. The number of aryl methyl sites for hydroxylation is 1. The van der Waals surface area contributed by atoms with Crippen molar-refractivity contribution in [3.05, 3.63) is 64.2 Å². The van der Waals surface area contributed by atoms with Gasteiger partial charge in [0.15, 0.2) is 0 Å². The van der Waals surface area contributed by atoms with Gasteiger partial charge in [0, 0.05) is 12.2 Å². The third kappa shape index (κ3) is 4.11. The van der Waals surface area contributed by atoms with Crippen LogP contribution in [0.25, 0.3) is 0 Å². The molecule has 6 heteroatoms. The Kier molecular flexibility index (Phi) is 5.75. The van der Waals surface area contributed by atoms with Crippen molar-refractivity contribution in [2.24, 2.45) is 0 Å². The van der Waals surface area contributed by atoms with Crippen molar-refractivity contribution < 1.29 is 25.2 Å². The summed E-state index contributed by atoms with van der Waals surface area (Å²) in [6.45, 7) is 0.590. The van der Waals surface area contributed by atoms with Crippen LogP contribution < -0.4 is 5.32 Å². The van der Waals surface area contributed by atoms with Crippen LogP contribution in [0, 0.1) is 0 Å². The Labute approximate surface area is 182 Å². The van der Waals surface area contributed by atoms with E-state index < -0.39 is 37.1 Å². The van der Waals surface area contributed by atoms with Crippen LogP contribution in [0.4, 0.5) is 5.69 Å². The number of nitrogens with one attached hydrogen (secondary N) is 1. The molecular formula is C25H31NO5. The van der Waals surface area contributed by atoms with E-state index in [0.717, 1.165) is 24.9 Å². The fourth-order valence-corrected chi connectivity index (χ4v) is 4.96. The minimum absolute atomic E-state index is 0.420. The highest BCUT2D eigenvalue weighted by molar-refractivity contribution is 5.56. The van der Waals surface area contributed by atoms with Crippen molar-refractivity contribution >= 4 is 5.69 Å². The van der Waals surface area contributed by atoms with Crippen molar-refractivity contribution in [1.29, 1.82) is 0 Å². The maximum Gasteiger partial charge on any atom is 0.113 e. The zero-order valence-electron chi connectivity index (χ0n) is 17.6. The summed E-state index contributed by atoms with van der Waals surface area (Å²) in [5.41, 5.74) is 7.12. The number of rotatable bonds is 5. The zero-order valence-corrected chi connectivity index (χ0v) is 17.6. The van der Waals surface area contributed by atoms with Gasteiger partial charge in [0.2, 0.25) is 0 Å². The van der Waals surface area contributed by atoms with E-state index >= 15 is 0 Å². The topological polar surface area (TPSA) is 102 Å². The Morgan fingerprint density at radius 1 is 0.968 bits per heavy atom. The van der Waals surface area contributed by atoms with Crippen LogP contribution in [0.1, 0.15) is 59.1 Å². The van der Waals surface area contributed by atoms with Gasteiger partial charge in [-0.15, -0.1) is 0 Å². The highest BCUT2D eigenvalue weighted by Gasteiger charge is 2.44. The molecule has 0 unspecified atom stereocenters. The molecule has 0 bridgehead atoms. The molecule has 6 nitrogen and oxygen atoms in total. The molecule has 2 heterocycles. The van der Waals surface area contributed by atoms with Crippen molar-refractivity contribution in [2.75, 3.05) is 18.5 Å². The molecule has 5 atom stereocenters. The van der Waals surface area contributed by atoms with Crippen molar-refractivity contribution in [3.63, 3.8) is 0 Å². The second-order valence-corrected chi connectivity index (χ2v) is 9.18. The molecule has 2 fully saturated rings. The summed E-state index contributed by atoms with van der Waals surface area (Å²) in [6.07, 6.45) is -0.220. The molecule has 0 spiro atoms. The lowest BCUT2D eigenvalue weighted by molar-refractivity contribution is -0.231. The van der Waals surface area contributed by atoms with Gasteiger partial charge in [-0.2, -0.15) is 0 Å². The minimum atomic E-state index is -1.37. The van der Waals surface area contributed by atoms with Gasteiger partial charge in [0.25, 0.3) is 0 Å². The lowest BCUT2D eigenvalue weighted by Crippen LogP contribution is -2.55. The molecule has 0 radical (unpaired) electrons. The molecule has 1 saturated carbocycles. The molecule has 2 aromatic carbocycles. The molecule has 2 aliphatic heterocycles. The van der Waals surface area contributed by atoms with Crippen LogP contribution in [-0.2, 0) is 17.6 Å². The second kappa shape index (κ2) is 8.52. The van der Waals surface area contributed by atoms with Gasteiger partial charge in [-0.25, -0.2) is 0 Å².